The summed E-state index contributed by atoms with van der Waals surface area (Å²) in [5.41, 5.74) is -6.34. The van der Waals surface area contributed by atoms with Crippen LogP contribution >= 0.6 is 0 Å². The van der Waals surface area contributed by atoms with Crippen LogP contribution in [0.5, 0.6) is 0 Å². The Hall–Kier alpha value is -3.98. The molecule has 3 aromatic carbocycles. The number of aliphatic hydroxyl groups is 1. The number of anilines is 1. The predicted molar refractivity (Wildman–Crippen MR) is 135 cm³/mol. The molecule has 0 spiro atoms. The van der Waals surface area contributed by atoms with Crippen molar-refractivity contribution >= 4 is 27.3 Å². The summed E-state index contributed by atoms with van der Waals surface area (Å²) in [6.45, 7) is 1.22. The van der Waals surface area contributed by atoms with Gasteiger partial charge in [-0.3, -0.25) is 9.59 Å². The summed E-state index contributed by atoms with van der Waals surface area (Å²) >= 11 is 0. The number of hydrogen-bond donors (Lipinski definition) is 2. The molecule has 15 heteroatoms. The maximum atomic E-state index is 14.7. The van der Waals surface area contributed by atoms with E-state index >= 15 is 0 Å². The summed E-state index contributed by atoms with van der Waals surface area (Å²) in [4.78, 5) is 26.7. The van der Waals surface area contributed by atoms with Crippen LogP contribution in [0.25, 0.3) is 11.1 Å². The van der Waals surface area contributed by atoms with Gasteiger partial charge in [0.25, 0.3) is 11.5 Å². The van der Waals surface area contributed by atoms with E-state index in [0.717, 1.165) is 6.26 Å². The molecule has 0 saturated carbocycles. The first-order valence-corrected chi connectivity index (χ1v) is 13.8. The molecule has 4 rings (SSSR count). The highest BCUT2D eigenvalue weighted by molar-refractivity contribution is 7.90. The van der Waals surface area contributed by atoms with Crippen molar-refractivity contribution in [1.29, 1.82) is 0 Å². The Labute approximate surface area is 234 Å². The summed E-state index contributed by atoms with van der Waals surface area (Å²) in [6.07, 6.45) is -11.3. The molecule has 1 unspecified atom stereocenters. The smallest absolute Gasteiger partial charge is 0.369 e. The highest BCUT2D eigenvalue weighted by Crippen LogP contribution is 2.50. The van der Waals surface area contributed by atoms with E-state index < -0.39 is 57.0 Å². The average molecular weight is 619 g/mol. The van der Waals surface area contributed by atoms with E-state index in [1.165, 1.54) is 54.3 Å². The average Bonchev–Trinajstić information content (AvgIpc) is 3.26. The lowest BCUT2D eigenvalue weighted by Crippen LogP contribution is -2.53. The monoisotopic (exact) mass is 618 g/mol. The van der Waals surface area contributed by atoms with E-state index in [0.29, 0.717) is 23.3 Å². The third-order valence-corrected chi connectivity index (χ3v) is 7.92. The van der Waals surface area contributed by atoms with Crippen LogP contribution in [-0.4, -0.2) is 48.8 Å². The Bertz CT molecular complexity index is 1660. The van der Waals surface area contributed by atoms with Crippen LogP contribution in [0.4, 0.5) is 36.4 Å². The van der Waals surface area contributed by atoms with E-state index in [4.69, 9.17) is 0 Å². The second-order valence-electron chi connectivity index (χ2n) is 9.65. The maximum Gasteiger partial charge on any atom is 0.430 e. The summed E-state index contributed by atoms with van der Waals surface area (Å²) in [5.74, 6) is -2.58. The third-order valence-electron chi connectivity index (χ3n) is 6.81. The third kappa shape index (κ3) is 5.45. The highest BCUT2D eigenvalue weighted by Gasteiger charge is 2.71. The molecule has 3 aromatic rings. The molecular weight excluding hydrogens is 597 g/mol. The predicted octanol–water partition coefficient (Wildman–Crippen LogP) is 5.25. The van der Waals surface area contributed by atoms with Gasteiger partial charge >= 0.3 is 12.4 Å². The number of nitrogens with zero attached hydrogens (tertiary/aromatic N) is 1. The number of alkyl halides is 6. The molecule has 0 aliphatic carbocycles. The van der Waals surface area contributed by atoms with Crippen molar-refractivity contribution in [3.8, 4) is 11.1 Å². The van der Waals surface area contributed by atoms with Gasteiger partial charge in [0.2, 0.25) is 5.91 Å². The molecule has 1 aliphatic heterocycles. The number of rotatable bonds is 5. The van der Waals surface area contributed by atoms with Crippen LogP contribution < -0.4 is 5.32 Å². The van der Waals surface area contributed by atoms with Gasteiger partial charge < -0.3 is 15.3 Å². The number of carbonyl (C=O) groups excluding carboxylic acids is 2. The first-order chi connectivity index (χ1) is 19.3. The van der Waals surface area contributed by atoms with Crippen molar-refractivity contribution in [3.05, 3.63) is 83.2 Å². The fourth-order valence-corrected chi connectivity index (χ4v) is 5.31. The van der Waals surface area contributed by atoms with Gasteiger partial charge in [-0.25, -0.2) is 12.8 Å². The van der Waals surface area contributed by atoms with Crippen LogP contribution in [-0.2, 0) is 31.6 Å². The van der Waals surface area contributed by atoms with E-state index in [1.807, 2.05) is 0 Å². The zero-order chi connectivity index (χ0) is 31.4. The Morgan fingerprint density at radius 1 is 0.929 bits per heavy atom. The van der Waals surface area contributed by atoms with Crippen molar-refractivity contribution in [1.82, 2.24) is 4.90 Å². The van der Waals surface area contributed by atoms with Crippen molar-refractivity contribution in [2.24, 2.45) is 0 Å². The van der Waals surface area contributed by atoms with Crippen LogP contribution in [0.3, 0.4) is 0 Å². The molecule has 1 aliphatic rings. The number of carbonyl (C=O) groups is 2. The summed E-state index contributed by atoms with van der Waals surface area (Å²) in [5, 5.41) is 12.1. The number of amides is 2. The molecule has 42 heavy (non-hydrogen) atoms. The topological polar surface area (TPSA) is 104 Å². The maximum absolute atomic E-state index is 14.7. The molecule has 2 amide bonds. The van der Waals surface area contributed by atoms with Crippen molar-refractivity contribution in [3.63, 3.8) is 0 Å². The van der Waals surface area contributed by atoms with Gasteiger partial charge in [-0.1, -0.05) is 30.3 Å². The Morgan fingerprint density at radius 2 is 1.52 bits per heavy atom. The highest BCUT2D eigenvalue weighted by atomic mass is 32.2. The Kier molecular flexibility index (Phi) is 7.65. The molecular formula is C27H21F7N2O5S. The minimum absolute atomic E-state index is 0.0157. The molecule has 0 aromatic heterocycles. The summed E-state index contributed by atoms with van der Waals surface area (Å²) in [7, 11) is -3.54. The summed E-state index contributed by atoms with van der Waals surface area (Å²) < 4.78 is 117. The normalized spacial score (nSPS) is 15.9. The molecule has 0 saturated heterocycles. The lowest BCUT2D eigenvalue weighted by molar-refractivity contribution is -0.376. The fraction of sp³-hybridized carbons (Fsp3) is 0.259. The number of halogens is 7. The lowest BCUT2D eigenvalue weighted by Gasteiger charge is -2.32. The van der Waals surface area contributed by atoms with E-state index in [2.05, 4.69) is 5.32 Å². The van der Waals surface area contributed by atoms with Crippen LogP contribution in [0.15, 0.2) is 65.6 Å². The molecule has 2 N–H and O–H groups in total. The van der Waals surface area contributed by atoms with Gasteiger partial charge in [0.1, 0.15) is 11.9 Å². The van der Waals surface area contributed by atoms with Crippen LogP contribution in [0, 0.1) is 5.82 Å². The Morgan fingerprint density at radius 3 is 2.02 bits per heavy atom. The van der Waals surface area contributed by atoms with E-state index in [1.54, 1.807) is 0 Å². The quantitative estimate of drug-likeness (QED) is 0.381. The first-order valence-electron chi connectivity index (χ1n) is 11.9. The molecule has 1 atom stereocenters. The molecule has 7 nitrogen and oxygen atoms in total. The molecule has 0 fully saturated rings. The number of sulfone groups is 1. The van der Waals surface area contributed by atoms with Gasteiger partial charge in [-0.15, -0.1) is 0 Å². The van der Waals surface area contributed by atoms with Gasteiger partial charge in [0.15, 0.2) is 9.84 Å². The molecule has 1 heterocycles. The molecule has 224 valence electrons. The fourth-order valence-electron chi connectivity index (χ4n) is 4.64. The minimum Gasteiger partial charge on any atom is -0.369 e. The van der Waals surface area contributed by atoms with Gasteiger partial charge in [-0.2, -0.15) is 26.3 Å². The van der Waals surface area contributed by atoms with Crippen molar-refractivity contribution < 1.29 is 53.8 Å². The van der Waals surface area contributed by atoms with Gasteiger partial charge in [0.05, 0.1) is 4.90 Å². The molecule has 0 radical (unpaired) electrons. The largest absolute Gasteiger partial charge is 0.430 e. The van der Waals surface area contributed by atoms with Crippen molar-refractivity contribution in [2.45, 2.75) is 42.4 Å². The van der Waals surface area contributed by atoms with Crippen molar-refractivity contribution in [2.75, 3.05) is 11.6 Å². The second kappa shape index (κ2) is 10.4. The second-order valence-corrected chi connectivity index (χ2v) is 11.7. The van der Waals surface area contributed by atoms with Gasteiger partial charge in [-0.05, 0) is 47.0 Å². The van der Waals surface area contributed by atoms with E-state index in [-0.39, 0.29) is 34.3 Å². The lowest BCUT2D eigenvalue weighted by atomic mass is 9.90. The summed E-state index contributed by atoms with van der Waals surface area (Å²) in [6, 6.07) is 9.05. The first kappa shape index (κ1) is 31.0. The number of nitrogens with one attached hydrogen (secondary N) is 1. The zero-order valence-electron chi connectivity index (χ0n) is 21.6. The van der Waals surface area contributed by atoms with Crippen LogP contribution in [0.1, 0.15) is 29.7 Å². The Balaban J connectivity index is 1.59. The number of fused-ring (bicyclic) bond motifs is 1. The van der Waals surface area contributed by atoms with E-state index in [9.17, 15) is 53.8 Å². The minimum atomic E-state index is -6.17. The SMILES string of the molecule is CC(=O)N1Cc2cc(S(C)(=O)=O)ccc2C1C(=O)Nc1ccc(-c2ccc(C(O)(C(F)(F)F)C(F)(F)F)cc2F)cc1. The number of hydrogen-bond acceptors (Lipinski definition) is 5. The zero-order valence-corrected chi connectivity index (χ0v) is 22.5. The van der Waals surface area contributed by atoms with Crippen LogP contribution in [0.2, 0.25) is 0 Å². The van der Waals surface area contributed by atoms with Gasteiger partial charge in [0, 0.05) is 36.5 Å². The number of benzene rings is 3. The standard InChI is InChI=1S/C27H21F7N2O5S/c1-14(37)36-13-16-11-19(42(2,40)41)8-10-21(16)23(36)24(38)35-18-6-3-15(4-7-18)20-9-5-17(12-22(20)28)25(39,26(29,30)31)27(32,33)34/h3-12,23,39H,13H2,1-2H3,(H,35,38). The molecule has 0 bridgehead atoms.